The van der Waals surface area contributed by atoms with Crippen LogP contribution >= 0.6 is 0 Å². The summed E-state index contributed by atoms with van der Waals surface area (Å²) in [5.74, 6) is 0.754. The lowest BCUT2D eigenvalue weighted by molar-refractivity contribution is -0.120. The molecule has 1 aromatic carbocycles. The average Bonchev–Trinajstić information content (AvgIpc) is 3.32. The summed E-state index contributed by atoms with van der Waals surface area (Å²) in [4.78, 5) is 23.7. The van der Waals surface area contributed by atoms with Crippen LogP contribution in [-0.4, -0.2) is 18.4 Å². The number of amides is 2. The monoisotopic (exact) mass is 312 g/mol. The molecule has 1 aliphatic rings. The van der Waals surface area contributed by atoms with Crippen LogP contribution < -0.4 is 10.6 Å². The zero-order valence-electron chi connectivity index (χ0n) is 13.1. The van der Waals surface area contributed by atoms with Crippen molar-refractivity contribution >= 4 is 11.8 Å². The minimum atomic E-state index is -0.305. The Bertz CT molecular complexity index is 699. The first kappa shape index (κ1) is 15.3. The van der Waals surface area contributed by atoms with Gasteiger partial charge in [0.25, 0.3) is 5.91 Å². The fourth-order valence-electron chi connectivity index (χ4n) is 2.46. The normalized spacial score (nSPS) is 13.6. The van der Waals surface area contributed by atoms with Crippen LogP contribution in [0, 0.1) is 6.92 Å². The Labute approximate surface area is 135 Å². The van der Waals surface area contributed by atoms with Gasteiger partial charge in [-0.15, -0.1) is 0 Å². The summed E-state index contributed by atoms with van der Waals surface area (Å²) in [6.45, 7) is 2.12. The second kappa shape index (κ2) is 6.69. The van der Waals surface area contributed by atoms with E-state index in [9.17, 15) is 9.59 Å². The lowest BCUT2D eigenvalue weighted by Gasteiger charge is -2.07. The van der Waals surface area contributed by atoms with E-state index in [0.717, 1.165) is 11.5 Å². The Kier molecular flexibility index (Phi) is 4.46. The highest BCUT2D eigenvalue weighted by Gasteiger charge is 2.22. The van der Waals surface area contributed by atoms with Crippen LogP contribution in [0.25, 0.3) is 0 Å². The van der Waals surface area contributed by atoms with E-state index in [-0.39, 0.29) is 18.4 Å². The molecule has 2 aromatic rings. The molecule has 0 spiro atoms. The molecule has 0 unspecified atom stereocenters. The topological polar surface area (TPSA) is 71.3 Å². The molecule has 1 aromatic heterocycles. The van der Waals surface area contributed by atoms with Gasteiger partial charge in [-0.1, -0.05) is 24.3 Å². The van der Waals surface area contributed by atoms with Crippen molar-refractivity contribution in [2.24, 2.45) is 0 Å². The summed E-state index contributed by atoms with van der Waals surface area (Å²) >= 11 is 0. The Hall–Kier alpha value is -2.56. The quantitative estimate of drug-likeness (QED) is 0.861. The van der Waals surface area contributed by atoms with Gasteiger partial charge in [-0.05, 0) is 42.9 Å². The zero-order chi connectivity index (χ0) is 16.2. The highest BCUT2D eigenvalue weighted by atomic mass is 16.3. The fourth-order valence-corrected chi connectivity index (χ4v) is 2.46. The van der Waals surface area contributed by atoms with Crippen molar-refractivity contribution in [1.82, 2.24) is 10.6 Å². The van der Waals surface area contributed by atoms with Gasteiger partial charge < -0.3 is 15.1 Å². The minimum absolute atomic E-state index is 0.0520. The van der Waals surface area contributed by atoms with Crippen molar-refractivity contribution in [3.8, 4) is 0 Å². The zero-order valence-corrected chi connectivity index (χ0v) is 13.1. The van der Waals surface area contributed by atoms with Gasteiger partial charge >= 0.3 is 0 Å². The van der Waals surface area contributed by atoms with Crippen LogP contribution in [0.3, 0.4) is 0 Å². The van der Waals surface area contributed by atoms with Gasteiger partial charge in [-0.25, -0.2) is 0 Å². The van der Waals surface area contributed by atoms with Gasteiger partial charge in [0.15, 0.2) is 0 Å². The van der Waals surface area contributed by atoms with Crippen LogP contribution in [-0.2, 0) is 11.3 Å². The number of furan rings is 1. The first-order valence-electron chi connectivity index (χ1n) is 7.81. The highest BCUT2D eigenvalue weighted by Crippen LogP contribution is 2.39. The van der Waals surface area contributed by atoms with Crippen molar-refractivity contribution in [2.75, 3.05) is 6.54 Å². The summed E-state index contributed by atoms with van der Waals surface area (Å²) in [7, 11) is 0. The van der Waals surface area contributed by atoms with E-state index >= 15 is 0 Å². The minimum Gasteiger partial charge on any atom is -0.469 e. The Morgan fingerprint density at radius 3 is 2.48 bits per heavy atom. The molecule has 0 atom stereocenters. The summed E-state index contributed by atoms with van der Waals surface area (Å²) in [5.41, 5.74) is 2.89. The van der Waals surface area contributed by atoms with Gasteiger partial charge in [0.05, 0.1) is 18.4 Å². The first-order valence-corrected chi connectivity index (χ1v) is 7.81. The van der Waals surface area contributed by atoms with Crippen molar-refractivity contribution in [3.63, 3.8) is 0 Å². The maximum atomic E-state index is 11.9. The molecule has 2 N–H and O–H groups in total. The molecule has 1 saturated carbocycles. The van der Waals surface area contributed by atoms with Gasteiger partial charge in [-0.2, -0.15) is 0 Å². The molecule has 120 valence electrons. The highest BCUT2D eigenvalue weighted by molar-refractivity contribution is 5.97. The molecular weight excluding hydrogens is 292 g/mol. The van der Waals surface area contributed by atoms with Crippen molar-refractivity contribution in [2.45, 2.75) is 32.2 Å². The smallest absolute Gasteiger partial charge is 0.255 e. The van der Waals surface area contributed by atoms with Gasteiger partial charge in [-0.3, -0.25) is 9.59 Å². The maximum absolute atomic E-state index is 11.9. The Morgan fingerprint density at radius 2 is 1.87 bits per heavy atom. The molecule has 0 aliphatic heterocycles. The molecule has 3 rings (SSSR count). The molecule has 1 aliphatic carbocycles. The third-order valence-corrected chi connectivity index (χ3v) is 4.03. The molecule has 1 heterocycles. The molecule has 5 heteroatoms. The van der Waals surface area contributed by atoms with E-state index in [4.69, 9.17) is 4.42 Å². The number of hydrogen-bond donors (Lipinski definition) is 2. The number of benzene rings is 1. The summed E-state index contributed by atoms with van der Waals surface area (Å²) < 4.78 is 5.07. The average molecular weight is 312 g/mol. The fraction of sp³-hybridized carbons (Fsp3) is 0.333. The second-order valence-corrected chi connectivity index (χ2v) is 5.87. The molecule has 5 nitrogen and oxygen atoms in total. The SMILES string of the molecule is Cc1occc1C(=O)NCC(=O)NCc1ccc(C2CC2)cc1. The van der Waals surface area contributed by atoms with Gasteiger partial charge in [0.2, 0.25) is 5.91 Å². The lowest BCUT2D eigenvalue weighted by Crippen LogP contribution is -2.36. The Balaban J connectivity index is 1.42. The maximum Gasteiger partial charge on any atom is 0.255 e. The summed E-state index contributed by atoms with van der Waals surface area (Å²) in [5, 5.41) is 5.38. The number of carbonyl (C=O) groups excluding carboxylic acids is 2. The van der Waals surface area contributed by atoms with Gasteiger partial charge in [0.1, 0.15) is 5.76 Å². The van der Waals surface area contributed by atoms with Crippen LogP contribution in [0.1, 0.15) is 46.0 Å². The third kappa shape index (κ3) is 4.00. The van der Waals surface area contributed by atoms with E-state index < -0.39 is 0 Å². The van der Waals surface area contributed by atoms with Crippen molar-refractivity contribution < 1.29 is 14.0 Å². The predicted molar refractivity (Wildman–Crippen MR) is 86.0 cm³/mol. The molecule has 0 bridgehead atoms. The molecule has 0 radical (unpaired) electrons. The van der Waals surface area contributed by atoms with Crippen LogP contribution in [0.5, 0.6) is 0 Å². The molecule has 1 fully saturated rings. The number of hydrogen-bond acceptors (Lipinski definition) is 3. The van der Waals surface area contributed by atoms with Crippen molar-refractivity contribution in [3.05, 3.63) is 59.0 Å². The summed E-state index contributed by atoms with van der Waals surface area (Å²) in [6.07, 6.45) is 4.02. The van der Waals surface area contributed by atoms with E-state index in [1.54, 1.807) is 13.0 Å². The number of aryl methyl sites for hydroxylation is 1. The predicted octanol–water partition coefficient (Wildman–Crippen LogP) is 2.51. The summed E-state index contributed by atoms with van der Waals surface area (Å²) in [6, 6.07) is 9.93. The van der Waals surface area contributed by atoms with Crippen LogP contribution in [0.4, 0.5) is 0 Å². The van der Waals surface area contributed by atoms with E-state index in [1.807, 2.05) is 12.1 Å². The third-order valence-electron chi connectivity index (χ3n) is 4.03. The molecular formula is C18H20N2O3. The standard InChI is InChI=1S/C18H20N2O3/c1-12-16(8-9-23-12)18(22)20-11-17(21)19-10-13-2-4-14(5-3-13)15-6-7-15/h2-5,8-9,15H,6-7,10-11H2,1H3,(H,19,21)(H,20,22). The second-order valence-electron chi connectivity index (χ2n) is 5.87. The number of rotatable bonds is 6. The Morgan fingerprint density at radius 1 is 1.13 bits per heavy atom. The van der Waals surface area contributed by atoms with Crippen molar-refractivity contribution in [1.29, 1.82) is 0 Å². The molecule has 2 amide bonds. The van der Waals surface area contributed by atoms with E-state index in [2.05, 4.69) is 22.8 Å². The number of nitrogens with one attached hydrogen (secondary N) is 2. The first-order chi connectivity index (χ1) is 11.1. The van der Waals surface area contributed by atoms with Gasteiger partial charge in [0, 0.05) is 6.54 Å². The van der Waals surface area contributed by atoms with E-state index in [1.165, 1.54) is 24.7 Å². The molecule has 23 heavy (non-hydrogen) atoms. The van der Waals surface area contributed by atoms with Crippen LogP contribution in [0.15, 0.2) is 41.0 Å². The largest absolute Gasteiger partial charge is 0.469 e. The molecule has 0 saturated heterocycles. The van der Waals surface area contributed by atoms with E-state index in [0.29, 0.717) is 17.9 Å². The van der Waals surface area contributed by atoms with Crippen LogP contribution in [0.2, 0.25) is 0 Å². The lowest BCUT2D eigenvalue weighted by atomic mass is 10.1. The number of carbonyl (C=O) groups is 2.